The molecule has 18 heavy (non-hydrogen) atoms. The van der Waals surface area contributed by atoms with Crippen LogP contribution in [-0.2, 0) is 11.2 Å². The van der Waals surface area contributed by atoms with Gasteiger partial charge in [-0.05, 0) is 45.4 Å². The maximum Gasteiger partial charge on any atom is 0.237 e. The molecule has 0 spiro atoms. The van der Waals surface area contributed by atoms with Crippen molar-refractivity contribution < 1.29 is 4.79 Å². The molecule has 1 aliphatic rings. The lowest BCUT2D eigenvalue weighted by atomic mass is 10.1. The third kappa shape index (κ3) is 4.26. The van der Waals surface area contributed by atoms with Crippen molar-refractivity contribution in [1.29, 1.82) is 0 Å². The lowest BCUT2D eigenvalue weighted by Crippen LogP contribution is -2.44. The van der Waals surface area contributed by atoms with Crippen LogP contribution >= 0.6 is 23.7 Å². The molecule has 102 valence electrons. The average Bonchev–Trinajstić information content (AvgIpc) is 2.89. The van der Waals surface area contributed by atoms with Crippen LogP contribution in [0.25, 0.3) is 0 Å². The van der Waals surface area contributed by atoms with Gasteiger partial charge in [0.05, 0.1) is 6.04 Å². The Morgan fingerprint density at radius 3 is 2.94 bits per heavy atom. The summed E-state index contributed by atoms with van der Waals surface area (Å²) in [6.45, 7) is 5.15. The number of amides is 1. The van der Waals surface area contributed by atoms with E-state index in [1.165, 1.54) is 9.75 Å². The van der Waals surface area contributed by atoms with Gasteiger partial charge < -0.3 is 10.6 Å². The maximum absolute atomic E-state index is 11.9. The summed E-state index contributed by atoms with van der Waals surface area (Å²) in [4.78, 5) is 14.6. The Balaban J connectivity index is 0.00000162. The van der Waals surface area contributed by atoms with Crippen molar-refractivity contribution in [2.24, 2.45) is 0 Å². The first kappa shape index (κ1) is 15.5. The molecule has 1 fully saturated rings. The van der Waals surface area contributed by atoms with Crippen LogP contribution in [0.15, 0.2) is 12.1 Å². The fourth-order valence-corrected chi connectivity index (χ4v) is 3.22. The van der Waals surface area contributed by atoms with Crippen molar-refractivity contribution in [1.82, 2.24) is 10.6 Å². The average molecular weight is 289 g/mol. The highest BCUT2D eigenvalue weighted by Gasteiger charge is 2.22. The monoisotopic (exact) mass is 288 g/mol. The van der Waals surface area contributed by atoms with Crippen LogP contribution < -0.4 is 10.6 Å². The number of nitrogens with one attached hydrogen (secondary N) is 2. The van der Waals surface area contributed by atoms with E-state index < -0.39 is 0 Å². The molecule has 3 nitrogen and oxygen atoms in total. The molecule has 2 atom stereocenters. The summed E-state index contributed by atoms with van der Waals surface area (Å²) in [5.41, 5.74) is 0. The molecule has 1 aromatic rings. The number of hydrogen-bond acceptors (Lipinski definition) is 3. The third-order valence-electron chi connectivity index (χ3n) is 3.07. The molecular formula is C13H21ClN2OS. The van der Waals surface area contributed by atoms with E-state index in [2.05, 4.69) is 36.6 Å². The topological polar surface area (TPSA) is 41.1 Å². The summed E-state index contributed by atoms with van der Waals surface area (Å²) in [6.07, 6.45) is 3.00. The number of rotatable bonds is 4. The number of halogens is 1. The zero-order valence-corrected chi connectivity index (χ0v) is 12.5. The first-order valence-corrected chi connectivity index (χ1v) is 7.06. The zero-order valence-electron chi connectivity index (χ0n) is 10.9. The molecule has 5 heteroatoms. The second kappa shape index (κ2) is 7.12. The predicted molar refractivity (Wildman–Crippen MR) is 78.6 cm³/mol. The molecule has 1 aromatic heterocycles. The molecule has 2 unspecified atom stereocenters. The summed E-state index contributed by atoms with van der Waals surface area (Å²) in [6, 6.07) is 4.52. The highest BCUT2D eigenvalue weighted by molar-refractivity contribution is 7.11. The van der Waals surface area contributed by atoms with Crippen LogP contribution in [0, 0.1) is 6.92 Å². The molecule has 0 radical (unpaired) electrons. The molecule has 1 aliphatic heterocycles. The van der Waals surface area contributed by atoms with Gasteiger partial charge in [0.25, 0.3) is 0 Å². The highest BCUT2D eigenvalue weighted by atomic mass is 35.5. The SMILES string of the molecule is Cc1ccc(CC(C)NC(=O)C2CCCN2)s1.Cl. The van der Waals surface area contributed by atoms with Gasteiger partial charge in [-0.2, -0.15) is 0 Å². The van der Waals surface area contributed by atoms with Gasteiger partial charge >= 0.3 is 0 Å². The van der Waals surface area contributed by atoms with Gasteiger partial charge in [-0.3, -0.25) is 4.79 Å². The van der Waals surface area contributed by atoms with E-state index >= 15 is 0 Å². The van der Waals surface area contributed by atoms with Crippen LogP contribution in [0.5, 0.6) is 0 Å². The summed E-state index contributed by atoms with van der Waals surface area (Å²) < 4.78 is 0. The summed E-state index contributed by atoms with van der Waals surface area (Å²) in [5.74, 6) is 0.156. The quantitative estimate of drug-likeness (QED) is 0.892. The van der Waals surface area contributed by atoms with Gasteiger partial charge in [-0.15, -0.1) is 23.7 Å². The lowest BCUT2D eigenvalue weighted by molar-refractivity contribution is -0.123. The minimum absolute atomic E-state index is 0. The van der Waals surface area contributed by atoms with Crippen molar-refractivity contribution in [3.8, 4) is 0 Å². The lowest BCUT2D eigenvalue weighted by Gasteiger charge is -2.16. The molecule has 2 heterocycles. The maximum atomic E-state index is 11.9. The minimum atomic E-state index is 0. The van der Waals surface area contributed by atoms with Crippen LogP contribution in [-0.4, -0.2) is 24.5 Å². The molecule has 0 aliphatic carbocycles. The Hall–Kier alpha value is -0.580. The van der Waals surface area contributed by atoms with E-state index in [1.54, 1.807) is 0 Å². The van der Waals surface area contributed by atoms with Gasteiger partial charge in [0.2, 0.25) is 5.91 Å². The Bertz CT molecular complexity index is 388. The van der Waals surface area contributed by atoms with Crippen molar-refractivity contribution in [3.05, 3.63) is 21.9 Å². The van der Waals surface area contributed by atoms with E-state index in [0.29, 0.717) is 0 Å². The second-order valence-electron chi connectivity index (χ2n) is 4.78. The number of carbonyl (C=O) groups is 1. The first-order valence-electron chi connectivity index (χ1n) is 6.24. The Morgan fingerprint density at radius 2 is 2.39 bits per heavy atom. The highest BCUT2D eigenvalue weighted by Crippen LogP contribution is 2.16. The number of carbonyl (C=O) groups excluding carboxylic acids is 1. The Labute approximate surface area is 119 Å². The Morgan fingerprint density at radius 1 is 1.61 bits per heavy atom. The van der Waals surface area contributed by atoms with Crippen molar-refractivity contribution in [2.45, 2.75) is 45.2 Å². The summed E-state index contributed by atoms with van der Waals surface area (Å²) >= 11 is 1.81. The number of aryl methyl sites for hydroxylation is 1. The largest absolute Gasteiger partial charge is 0.352 e. The van der Waals surface area contributed by atoms with Crippen LogP contribution in [0.3, 0.4) is 0 Å². The number of thiophene rings is 1. The summed E-state index contributed by atoms with van der Waals surface area (Å²) in [5, 5.41) is 6.31. The molecule has 2 rings (SSSR count). The van der Waals surface area contributed by atoms with E-state index in [-0.39, 0.29) is 30.4 Å². The molecular weight excluding hydrogens is 268 g/mol. The van der Waals surface area contributed by atoms with Gasteiger partial charge in [0.15, 0.2) is 0 Å². The van der Waals surface area contributed by atoms with Crippen molar-refractivity contribution in [2.75, 3.05) is 6.54 Å². The number of hydrogen-bond donors (Lipinski definition) is 2. The molecule has 1 amide bonds. The zero-order chi connectivity index (χ0) is 12.3. The van der Waals surface area contributed by atoms with Crippen LogP contribution in [0.4, 0.5) is 0 Å². The van der Waals surface area contributed by atoms with Gasteiger partial charge in [-0.1, -0.05) is 0 Å². The first-order chi connectivity index (χ1) is 8.15. The van der Waals surface area contributed by atoms with Gasteiger partial charge in [0.1, 0.15) is 0 Å². The van der Waals surface area contributed by atoms with E-state index in [0.717, 1.165) is 25.8 Å². The molecule has 2 N–H and O–H groups in total. The minimum Gasteiger partial charge on any atom is -0.352 e. The molecule has 0 saturated carbocycles. The fraction of sp³-hybridized carbons (Fsp3) is 0.615. The van der Waals surface area contributed by atoms with Crippen LogP contribution in [0.1, 0.15) is 29.5 Å². The van der Waals surface area contributed by atoms with Gasteiger partial charge in [-0.25, -0.2) is 0 Å². The van der Waals surface area contributed by atoms with Crippen LogP contribution in [0.2, 0.25) is 0 Å². The molecule has 0 bridgehead atoms. The van der Waals surface area contributed by atoms with Crippen molar-refractivity contribution >= 4 is 29.7 Å². The third-order valence-corrected chi connectivity index (χ3v) is 4.09. The standard InChI is InChI=1S/C13H20N2OS.ClH/c1-9(8-11-6-5-10(2)17-11)15-13(16)12-4-3-7-14-12;/h5-6,9,12,14H,3-4,7-8H2,1-2H3,(H,15,16);1H. The summed E-state index contributed by atoms with van der Waals surface area (Å²) in [7, 11) is 0. The Kier molecular flexibility index (Phi) is 6.12. The molecule has 0 aromatic carbocycles. The second-order valence-corrected chi connectivity index (χ2v) is 6.15. The van der Waals surface area contributed by atoms with Gasteiger partial charge in [0, 0.05) is 22.2 Å². The molecule has 1 saturated heterocycles. The predicted octanol–water partition coefficient (Wildman–Crippen LogP) is 2.28. The normalized spacial score (nSPS) is 20.2. The van der Waals surface area contributed by atoms with Crippen molar-refractivity contribution in [3.63, 3.8) is 0 Å². The van der Waals surface area contributed by atoms with E-state index in [9.17, 15) is 4.79 Å². The van der Waals surface area contributed by atoms with E-state index in [1.807, 2.05) is 11.3 Å². The fourth-order valence-electron chi connectivity index (χ4n) is 2.20. The van der Waals surface area contributed by atoms with E-state index in [4.69, 9.17) is 0 Å². The smallest absolute Gasteiger partial charge is 0.237 e.